The van der Waals surface area contributed by atoms with Crippen molar-refractivity contribution in [1.29, 1.82) is 0 Å². The Morgan fingerprint density at radius 3 is 2.88 bits per heavy atom. The number of ether oxygens (including phenoxy) is 1. The molecule has 2 rings (SSSR count). The Morgan fingerprint density at radius 1 is 1.38 bits per heavy atom. The molecule has 0 aliphatic rings. The van der Waals surface area contributed by atoms with E-state index in [4.69, 9.17) is 14.9 Å². The van der Waals surface area contributed by atoms with Crippen LogP contribution in [0.1, 0.15) is 17.1 Å². The normalized spacial score (nSPS) is 10.4. The monoisotopic (exact) mass is 219 g/mol. The van der Waals surface area contributed by atoms with E-state index in [0.717, 1.165) is 11.3 Å². The van der Waals surface area contributed by atoms with Gasteiger partial charge < -0.3 is 14.9 Å². The Hall–Kier alpha value is -2.04. The van der Waals surface area contributed by atoms with Crippen LogP contribution in [0.4, 0.5) is 5.82 Å². The number of hydrogen-bond acceptors (Lipinski definition) is 5. The van der Waals surface area contributed by atoms with Crippen LogP contribution >= 0.6 is 0 Å². The first-order valence-corrected chi connectivity index (χ1v) is 4.92. The smallest absolute Gasteiger partial charge is 0.222 e. The average Bonchev–Trinajstić information content (AvgIpc) is 2.74. The van der Waals surface area contributed by atoms with Crippen molar-refractivity contribution >= 4 is 5.82 Å². The third kappa shape index (κ3) is 2.13. The Kier molecular flexibility index (Phi) is 2.76. The van der Waals surface area contributed by atoms with E-state index in [2.05, 4.69) is 9.97 Å². The number of furan rings is 1. The standard InChI is InChI=1S/C11H13N3O2/c1-7-10(12)13-8(2)14-11(7)16-6-9-4-3-5-15-9/h3-5H,6H2,1-2H3,(H2,12,13,14). The van der Waals surface area contributed by atoms with E-state index in [1.807, 2.05) is 19.1 Å². The van der Waals surface area contributed by atoms with Gasteiger partial charge >= 0.3 is 0 Å². The van der Waals surface area contributed by atoms with Crippen molar-refractivity contribution in [2.45, 2.75) is 20.5 Å². The minimum atomic E-state index is 0.337. The summed E-state index contributed by atoms with van der Waals surface area (Å²) >= 11 is 0. The van der Waals surface area contributed by atoms with Crippen molar-refractivity contribution in [3.8, 4) is 5.88 Å². The number of nitrogens with two attached hydrogens (primary N) is 1. The van der Waals surface area contributed by atoms with Gasteiger partial charge in [-0.05, 0) is 26.0 Å². The topological polar surface area (TPSA) is 74.2 Å². The summed E-state index contributed by atoms with van der Waals surface area (Å²) < 4.78 is 10.7. The third-order valence-electron chi connectivity index (χ3n) is 2.18. The summed E-state index contributed by atoms with van der Waals surface area (Å²) in [5.41, 5.74) is 6.46. The molecule has 0 saturated heterocycles. The number of nitrogens with zero attached hydrogens (tertiary/aromatic N) is 2. The fraction of sp³-hybridized carbons (Fsp3) is 0.273. The molecule has 16 heavy (non-hydrogen) atoms. The van der Waals surface area contributed by atoms with Gasteiger partial charge in [0.15, 0.2) is 0 Å². The zero-order valence-corrected chi connectivity index (χ0v) is 9.23. The molecule has 0 aliphatic heterocycles. The van der Waals surface area contributed by atoms with Crippen LogP contribution in [0.3, 0.4) is 0 Å². The summed E-state index contributed by atoms with van der Waals surface area (Å²) in [6, 6.07) is 3.65. The molecule has 0 spiro atoms. The van der Waals surface area contributed by atoms with E-state index < -0.39 is 0 Å². The van der Waals surface area contributed by atoms with Gasteiger partial charge in [0, 0.05) is 0 Å². The largest absolute Gasteiger partial charge is 0.469 e. The molecule has 0 aromatic carbocycles. The van der Waals surface area contributed by atoms with Gasteiger partial charge in [-0.15, -0.1) is 0 Å². The lowest BCUT2D eigenvalue weighted by atomic mass is 10.3. The molecule has 2 aromatic heterocycles. The molecule has 84 valence electrons. The lowest BCUT2D eigenvalue weighted by Crippen LogP contribution is -2.04. The second kappa shape index (κ2) is 4.22. The van der Waals surface area contributed by atoms with Crippen LogP contribution in [0, 0.1) is 13.8 Å². The first-order valence-electron chi connectivity index (χ1n) is 4.92. The zero-order chi connectivity index (χ0) is 11.5. The molecule has 0 unspecified atom stereocenters. The van der Waals surface area contributed by atoms with Gasteiger partial charge in [0.1, 0.15) is 24.0 Å². The molecule has 0 bridgehead atoms. The lowest BCUT2D eigenvalue weighted by molar-refractivity contribution is 0.258. The Balaban J connectivity index is 2.15. The van der Waals surface area contributed by atoms with Gasteiger partial charge in [0.05, 0.1) is 11.8 Å². The van der Waals surface area contributed by atoms with Crippen molar-refractivity contribution in [1.82, 2.24) is 9.97 Å². The maximum atomic E-state index is 5.72. The van der Waals surface area contributed by atoms with Crippen LogP contribution in [0.5, 0.6) is 5.88 Å². The van der Waals surface area contributed by atoms with E-state index in [0.29, 0.717) is 24.1 Å². The highest BCUT2D eigenvalue weighted by Gasteiger charge is 2.08. The molecule has 0 radical (unpaired) electrons. The van der Waals surface area contributed by atoms with Gasteiger partial charge in [-0.3, -0.25) is 0 Å². The van der Waals surface area contributed by atoms with E-state index in [1.54, 1.807) is 13.2 Å². The number of anilines is 1. The van der Waals surface area contributed by atoms with Gasteiger partial charge in [0.2, 0.25) is 5.88 Å². The quantitative estimate of drug-likeness (QED) is 0.852. The fourth-order valence-corrected chi connectivity index (χ4v) is 1.30. The minimum absolute atomic E-state index is 0.337. The van der Waals surface area contributed by atoms with Crippen molar-refractivity contribution in [2.75, 3.05) is 5.73 Å². The molecular formula is C11H13N3O2. The number of nitrogen functional groups attached to an aromatic ring is 1. The number of rotatable bonds is 3. The first kappa shape index (κ1) is 10.5. The molecule has 2 N–H and O–H groups in total. The summed E-state index contributed by atoms with van der Waals surface area (Å²) in [5, 5.41) is 0. The minimum Gasteiger partial charge on any atom is -0.469 e. The van der Waals surface area contributed by atoms with Gasteiger partial charge in [-0.1, -0.05) is 0 Å². The van der Waals surface area contributed by atoms with E-state index >= 15 is 0 Å². The highest BCUT2D eigenvalue weighted by molar-refractivity contribution is 5.44. The van der Waals surface area contributed by atoms with Crippen molar-refractivity contribution in [2.24, 2.45) is 0 Å². The van der Waals surface area contributed by atoms with Crippen LogP contribution < -0.4 is 10.5 Å². The Bertz CT molecular complexity index is 480. The van der Waals surface area contributed by atoms with Crippen LogP contribution in [0.15, 0.2) is 22.8 Å². The summed E-state index contributed by atoms with van der Waals surface area (Å²) in [4.78, 5) is 8.22. The van der Waals surface area contributed by atoms with Gasteiger partial charge in [0.25, 0.3) is 0 Å². The van der Waals surface area contributed by atoms with Gasteiger partial charge in [-0.2, -0.15) is 4.98 Å². The maximum absolute atomic E-state index is 5.72. The molecule has 0 saturated carbocycles. The lowest BCUT2D eigenvalue weighted by Gasteiger charge is -2.08. The Labute approximate surface area is 93.3 Å². The van der Waals surface area contributed by atoms with Crippen LogP contribution in [-0.4, -0.2) is 9.97 Å². The van der Waals surface area contributed by atoms with Crippen LogP contribution in [-0.2, 0) is 6.61 Å². The summed E-state index contributed by atoms with van der Waals surface area (Å²) in [5.74, 6) is 2.29. The second-order valence-electron chi connectivity index (χ2n) is 3.45. The molecule has 2 aromatic rings. The summed E-state index contributed by atoms with van der Waals surface area (Å²) in [6.45, 7) is 3.94. The van der Waals surface area contributed by atoms with Crippen molar-refractivity contribution in [3.05, 3.63) is 35.5 Å². The third-order valence-corrected chi connectivity index (χ3v) is 2.18. The van der Waals surface area contributed by atoms with Crippen LogP contribution in [0.2, 0.25) is 0 Å². The number of aryl methyl sites for hydroxylation is 1. The molecule has 0 amide bonds. The molecule has 0 atom stereocenters. The summed E-state index contributed by atoms with van der Waals surface area (Å²) in [6.07, 6.45) is 1.60. The number of aromatic nitrogens is 2. The maximum Gasteiger partial charge on any atom is 0.222 e. The van der Waals surface area contributed by atoms with Crippen LogP contribution in [0.25, 0.3) is 0 Å². The zero-order valence-electron chi connectivity index (χ0n) is 9.23. The molecule has 2 heterocycles. The molecule has 5 heteroatoms. The van der Waals surface area contributed by atoms with Crippen molar-refractivity contribution < 1.29 is 9.15 Å². The molecule has 0 fully saturated rings. The predicted molar refractivity (Wildman–Crippen MR) is 59.0 cm³/mol. The SMILES string of the molecule is Cc1nc(N)c(C)c(OCc2ccco2)n1. The highest BCUT2D eigenvalue weighted by atomic mass is 16.5. The highest BCUT2D eigenvalue weighted by Crippen LogP contribution is 2.20. The van der Waals surface area contributed by atoms with E-state index in [1.165, 1.54) is 0 Å². The van der Waals surface area contributed by atoms with E-state index in [9.17, 15) is 0 Å². The first-order chi connectivity index (χ1) is 7.66. The predicted octanol–water partition coefficient (Wildman–Crippen LogP) is 1.85. The molecule has 5 nitrogen and oxygen atoms in total. The van der Waals surface area contributed by atoms with Crippen molar-refractivity contribution in [3.63, 3.8) is 0 Å². The Morgan fingerprint density at radius 2 is 2.19 bits per heavy atom. The number of hydrogen-bond donors (Lipinski definition) is 1. The van der Waals surface area contributed by atoms with Gasteiger partial charge in [-0.25, -0.2) is 4.98 Å². The molecular weight excluding hydrogens is 206 g/mol. The summed E-state index contributed by atoms with van der Waals surface area (Å²) in [7, 11) is 0. The second-order valence-corrected chi connectivity index (χ2v) is 3.45. The molecule has 0 aliphatic carbocycles. The van der Waals surface area contributed by atoms with E-state index in [-0.39, 0.29) is 0 Å². The average molecular weight is 219 g/mol. The fourth-order valence-electron chi connectivity index (χ4n) is 1.30.